The maximum atomic E-state index is 10.1. The van der Waals surface area contributed by atoms with E-state index in [1.807, 2.05) is 0 Å². The molecular weight excluding hydrogens is 102 g/mol. The van der Waals surface area contributed by atoms with Crippen molar-refractivity contribution in [2.75, 3.05) is 14.1 Å². The van der Waals surface area contributed by atoms with E-state index in [0.29, 0.717) is 0 Å². The van der Waals surface area contributed by atoms with Crippen molar-refractivity contribution in [2.45, 2.75) is 21.8 Å². The molecule has 1 amide bonds. The van der Waals surface area contributed by atoms with E-state index in [0.717, 1.165) is 0 Å². The largest absolute Gasteiger partial charge is 0.349 e. The molecule has 0 aromatic heterocycles. The molecule has 0 heterocycles. The van der Waals surface area contributed by atoms with Gasteiger partial charge in [-0.05, 0) is 0 Å². The topological polar surface area (TPSA) is 20.3 Å². The second kappa shape index (κ2) is 6.47. The molecule has 0 radical (unpaired) electrons. The summed E-state index contributed by atoms with van der Waals surface area (Å²) in [6.07, 6.45) is 0. The van der Waals surface area contributed by atoms with Gasteiger partial charge in [-0.3, -0.25) is 4.79 Å². The van der Waals surface area contributed by atoms with Gasteiger partial charge in [0.05, 0.1) is 0 Å². The molecule has 2 nitrogen and oxygen atoms in total. The lowest BCUT2D eigenvalue weighted by Gasteiger charge is -2.02. The molecule has 0 fully saturated rings. The predicted octanol–water partition coefficient (Wildman–Crippen LogP) is 1.37. The van der Waals surface area contributed by atoms with Gasteiger partial charge in [0.25, 0.3) is 0 Å². The molecule has 0 unspecified atom stereocenters. The van der Waals surface area contributed by atoms with Crippen molar-refractivity contribution in [1.29, 1.82) is 0 Å². The Morgan fingerprint density at radius 2 is 1.38 bits per heavy atom. The lowest BCUT2D eigenvalue weighted by Crippen LogP contribution is -2.17. The Kier molecular flexibility index (Phi) is 12.7. The predicted molar refractivity (Wildman–Crippen MR) is 37.8 cm³/mol. The summed E-state index contributed by atoms with van der Waals surface area (Å²) in [7, 11) is 3.45. The Bertz CT molecular complexity index is 59.5. The van der Waals surface area contributed by atoms with Gasteiger partial charge in [-0.15, -0.1) is 0 Å². The van der Waals surface area contributed by atoms with Crippen molar-refractivity contribution in [2.24, 2.45) is 0 Å². The number of nitrogens with zero attached hydrogens (tertiary/aromatic N) is 1. The summed E-state index contributed by atoms with van der Waals surface area (Å²) in [6, 6.07) is 0. The van der Waals surface area contributed by atoms with Crippen LogP contribution in [0.15, 0.2) is 0 Å². The highest BCUT2D eigenvalue weighted by Gasteiger charge is 1.87. The second-order valence-electron chi connectivity index (χ2n) is 1.41. The van der Waals surface area contributed by atoms with E-state index in [1.54, 1.807) is 14.1 Å². The minimum Gasteiger partial charge on any atom is -0.349 e. The molecule has 0 N–H and O–H groups in total. The van der Waals surface area contributed by atoms with Gasteiger partial charge in [-0.2, -0.15) is 0 Å². The quantitative estimate of drug-likeness (QED) is 0.471. The minimum atomic E-state index is 0. The van der Waals surface area contributed by atoms with Crippen molar-refractivity contribution in [3.05, 3.63) is 0 Å². The van der Waals surface area contributed by atoms with Crippen LogP contribution in [0.1, 0.15) is 21.8 Å². The molecule has 0 bridgehead atoms. The first-order chi connectivity index (χ1) is 2.64. The molecule has 0 aliphatic rings. The summed E-state index contributed by atoms with van der Waals surface area (Å²) in [4.78, 5) is 11.6. The molecule has 0 atom stereocenters. The van der Waals surface area contributed by atoms with Crippen LogP contribution in [0.25, 0.3) is 0 Å². The summed E-state index contributed by atoms with van der Waals surface area (Å²) in [5, 5.41) is 0. The molecule has 0 saturated carbocycles. The summed E-state index contributed by atoms with van der Waals surface area (Å²) < 4.78 is 0. The van der Waals surface area contributed by atoms with E-state index in [2.05, 4.69) is 0 Å². The fourth-order valence-corrected chi connectivity index (χ4v) is 0. The molecule has 0 saturated heterocycles. The summed E-state index contributed by atoms with van der Waals surface area (Å²) in [5.74, 6) is 0.0926. The van der Waals surface area contributed by atoms with Gasteiger partial charge in [0.15, 0.2) is 0 Å². The van der Waals surface area contributed by atoms with E-state index in [1.165, 1.54) is 11.8 Å². The number of carbonyl (C=O) groups excluding carboxylic acids is 1. The van der Waals surface area contributed by atoms with Crippen molar-refractivity contribution in [3.8, 4) is 0 Å². The molecule has 0 aliphatic heterocycles. The van der Waals surface area contributed by atoms with E-state index < -0.39 is 0 Å². The van der Waals surface area contributed by atoms with Gasteiger partial charge in [-0.1, -0.05) is 14.9 Å². The first kappa shape index (κ1) is 15.6. The molecular formula is C6H17NO. The molecule has 52 valence electrons. The van der Waals surface area contributed by atoms with E-state index in [4.69, 9.17) is 0 Å². The number of hydrogen-bond donors (Lipinski definition) is 0. The maximum absolute atomic E-state index is 10.1. The Hall–Kier alpha value is -0.530. The molecule has 0 spiro atoms. The SMILES string of the molecule is C.C.CC(=O)N(C)C. The van der Waals surface area contributed by atoms with Gasteiger partial charge < -0.3 is 4.90 Å². The number of carbonyl (C=O) groups is 1. The van der Waals surface area contributed by atoms with E-state index in [9.17, 15) is 4.79 Å². The highest BCUT2D eigenvalue weighted by Crippen LogP contribution is 1.69. The Balaban J connectivity index is -0.000000125. The zero-order valence-electron chi connectivity index (χ0n) is 4.36. The molecule has 0 rings (SSSR count). The van der Waals surface area contributed by atoms with Gasteiger partial charge in [0.2, 0.25) is 5.91 Å². The van der Waals surface area contributed by atoms with Crippen molar-refractivity contribution < 1.29 is 4.79 Å². The zero-order valence-corrected chi connectivity index (χ0v) is 4.36. The van der Waals surface area contributed by atoms with Crippen LogP contribution in [0.3, 0.4) is 0 Å². The van der Waals surface area contributed by atoms with E-state index >= 15 is 0 Å². The van der Waals surface area contributed by atoms with Crippen LogP contribution in [0, 0.1) is 0 Å². The summed E-state index contributed by atoms with van der Waals surface area (Å²) in [5.41, 5.74) is 0. The lowest BCUT2D eigenvalue weighted by atomic mass is 10.7. The van der Waals surface area contributed by atoms with Crippen LogP contribution in [0.5, 0.6) is 0 Å². The average molecular weight is 119 g/mol. The van der Waals surface area contributed by atoms with Gasteiger partial charge in [-0.25, -0.2) is 0 Å². The van der Waals surface area contributed by atoms with Crippen molar-refractivity contribution in [1.82, 2.24) is 4.90 Å². The highest BCUT2D eigenvalue weighted by molar-refractivity contribution is 5.72. The molecule has 0 aromatic rings. The smallest absolute Gasteiger partial charge is 0.218 e. The molecule has 0 aliphatic carbocycles. The van der Waals surface area contributed by atoms with Crippen LogP contribution >= 0.6 is 0 Å². The first-order valence-electron chi connectivity index (χ1n) is 1.82. The minimum absolute atomic E-state index is 0. The Morgan fingerprint density at radius 3 is 1.38 bits per heavy atom. The highest BCUT2D eigenvalue weighted by atomic mass is 16.2. The molecule has 0 aromatic carbocycles. The maximum Gasteiger partial charge on any atom is 0.218 e. The third kappa shape index (κ3) is 9.08. The normalized spacial score (nSPS) is 5.88. The zero-order chi connectivity index (χ0) is 5.15. The summed E-state index contributed by atoms with van der Waals surface area (Å²) >= 11 is 0. The lowest BCUT2D eigenvalue weighted by molar-refractivity contribution is -0.126. The third-order valence-electron chi connectivity index (χ3n) is 0.630. The van der Waals surface area contributed by atoms with Crippen molar-refractivity contribution >= 4 is 5.91 Å². The van der Waals surface area contributed by atoms with E-state index in [-0.39, 0.29) is 20.8 Å². The van der Waals surface area contributed by atoms with Crippen LogP contribution < -0.4 is 0 Å². The van der Waals surface area contributed by atoms with Crippen LogP contribution in [-0.2, 0) is 4.79 Å². The van der Waals surface area contributed by atoms with Gasteiger partial charge in [0.1, 0.15) is 0 Å². The third-order valence-corrected chi connectivity index (χ3v) is 0.630. The van der Waals surface area contributed by atoms with Crippen LogP contribution in [0.4, 0.5) is 0 Å². The van der Waals surface area contributed by atoms with Gasteiger partial charge >= 0.3 is 0 Å². The number of hydrogen-bond acceptors (Lipinski definition) is 1. The Labute approximate surface area is 52.5 Å². The standard InChI is InChI=1S/C4H9NO.2CH4/c1-4(6)5(2)3;;/h1-3H3;2*1H4. The number of amides is 1. The van der Waals surface area contributed by atoms with Gasteiger partial charge in [0, 0.05) is 21.0 Å². The van der Waals surface area contributed by atoms with Crippen molar-refractivity contribution in [3.63, 3.8) is 0 Å². The van der Waals surface area contributed by atoms with Crippen LogP contribution in [0.2, 0.25) is 0 Å². The first-order valence-corrected chi connectivity index (χ1v) is 1.82. The molecule has 8 heavy (non-hydrogen) atoms. The molecule has 2 heteroatoms. The number of rotatable bonds is 0. The average Bonchev–Trinajstić information content (AvgIpc) is 1.36. The fourth-order valence-electron chi connectivity index (χ4n) is 0. The fraction of sp³-hybridized carbons (Fsp3) is 0.833. The monoisotopic (exact) mass is 119 g/mol. The Morgan fingerprint density at radius 1 is 1.25 bits per heavy atom. The second-order valence-corrected chi connectivity index (χ2v) is 1.41. The summed E-state index contributed by atoms with van der Waals surface area (Å²) in [6.45, 7) is 1.53. The van der Waals surface area contributed by atoms with Crippen LogP contribution in [-0.4, -0.2) is 24.9 Å².